The van der Waals surface area contributed by atoms with E-state index in [4.69, 9.17) is 10.7 Å². The Morgan fingerprint density at radius 2 is 1.78 bits per heavy atom. The maximum Gasteiger partial charge on any atom is 0.252 e. The molecule has 2 aromatic carbocycles. The molecule has 1 aliphatic heterocycles. The first kappa shape index (κ1) is 23.5. The average Bonchev–Trinajstić information content (AvgIpc) is 2.91. The number of aryl methyl sites for hydroxylation is 1. The maximum absolute atomic E-state index is 13.5. The van der Waals surface area contributed by atoms with Crippen LogP contribution in [0.4, 0.5) is 5.82 Å². The van der Waals surface area contributed by atoms with E-state index in [9.17, 15) is 9.59 Å². The second-order valence-electron chi connectivity index (χ2n) is 9.27. The van der Waals surface area contributed by atoms with Crippen molar-refractivity contribution < 1.29 is 9.59 Å². The molecular weight excluding hydrogens is 450 g/mol. The number of para-hydroxylation sites is 1. The molecule has 0 atom stereocenters. The van der Waals surface area contributed by atoms with E-state index in [1.807, 2.05) is 73.7 Å². The van der Waals surface area contributed by atoms with Gasteiger partial charge < -0.3 is 16.0 Å². The molecule has 0 radical (unpaired) electrons. The average molecular weight is 480 g/mol. The smallest absolute Gasteiger partial charge is 0.252 e. The Bertz CT molecular complexity index is 1410. The van der Waals surface area contributed by atoms with E-state index >= 15 is 0 Å². The zero-order chi connectivity index (χ0) is 25.1. The summed E-state index contributed by atoms with van der Waals surface area (Å²) in [4.78, 5) is 36.5. The first-order chi connectivity index (χ1) is 17.5. The van der Waals surface area contributed by atoms with Gasteiger partial charge in [0.1, 0.15) is 5.82 Å². The third-order valence-electron chi connectivity index (χ3n) is 6.81. The van der Waals surface area contributed by atoms with E-state index in [1.165, 1.54) is 5.56 Å². The van der Waals surface area contributed by atoms with Crippen molar-refractivity contribution in [2.45, 2.75) is 26.3 Å². The fraction of sp³-hybridized carbons (Fsp3) is 0.241. The fourth-order valence-corrected chi connectivity index (χ4v) is 4.73. The molecule has 1 fully saturated rings. The van der Waals surface area contributed by atoms with Crippen LogP contribution in [0.15, 0.2) is 72.9 Å². The first-order valence-corrected chi connectivity index (χ1v) is 12.2. The third kappa shape index (κ3) is 4.91. The molecule has 7 heteroatoms. The molecule has 0 saturated carbocycles. The molecule has 2 amide bonds. The Morgan fingerprint density at radius 1 is 1.03 bits per heavy atom. The van der Waals surface area contributed by atoms with Crippen molar-refractivity contribution in [3.8, 4) is 11.3 Å². The summed E-state index contributed by atoms with van der Waals surface area (Å²) in [5.41, 5.74) is 10.7. The number of rotatable bonds is 6. The second-order valence-corrected chi connectivity index (χ2v) is 9.27. The molecule has 36 heavy (non-hydrogen) atoms. The van der Waals surface area contributed by atoms with Gasteiger partial charge in [-0.15, -0.1) is 0 Å². The molecule has 0 spiro atoms. The summed E-state index contributed by atoms with van der Waals surface area (Å²) in [5, 5.41) is 3.91. The van der Waals surface area contributed by atoms with Gasteiger partial charge in [-0.2, -0.15) is 0 Å². The molecule has 4 aromatic rings. The lowest BCUT2D eigenvalue weighted by atomic mass is 9.96. The Kier molecular flexibility index (Phi) is 6.62. The molecule has 3 N–H and O–H groups in total. The van der Waals surface area contributed by atoms with Gasteiger partial charge in [0.05, 0.1) is 16.8 Å². The van der Waals surface area contributed by atoms with Gasteiger partial charge in [0, 0.05) is 48.3 Å². The summed E-state index contributed by atoms with van der Waals surface area (Å²) in [6, 6.07) is 21.6. The first-order valence-electron chi connectivity index (χ1n) is 12.2. The van der Waals surface area contributed by atoms with Gasteiger partial charge in [-0.25, -0.2) is 9.97 Å². The van der Waals surface area contributed by atoms with Crippen molar-refractivity contribution in [1.82, 2.24) is 15.3 Å². The van der Waals surface area contributed by atoms with Crippen molar-refractivity contribution in [3.05, 3.63) is 89.6 Å². The Labute approximate surface area is 210 Å². The van der Waals surface area contributed by atoms with E-state index in [0.717, 1.165) is 33.5 Å². The van der Waals surface area contributed by atoms with Crippen molar-refractivity contribution in [2.24, 2.45) is 11.7 Å². The van der Waals surface area contributed by atoms with E-state index in [1.54, 1.807) is 6.20 Å². The summed E-state index contributed by atoms with van der Waals surface area (Å²) < 4.78 is 0. The zero-order valence-corrected chi connectivity index (χ0v) is 20.3. The molecule has 1 saturated heterocycles. The van der Waals surface area contributed by atoms with Gasteiger partial charge in [-0.05, 0) is 38.0 Å². The number of pyridine rings is 2. The number of fused-ring (bicyclic) bond motifs is 1. The molecule has 0 aliphatic carbocycles. The predicted molar refractivity (Wildman–Crippen MR) is 141 cm³/mol. The van der Waals surface area contributed by atoms with Gasteiger partial charge in [-0.3, -0.25) is 9.59 Å². The number of nitrogens with two attached hydrogens (primary N) is 1. The van der Waals surface area contributed by atoms with Crippen LogP contribution in [0, 0.1) is 12.8 Å². The number of amides is 2. The monoisotopic (exact) mass is 479 g/mol. The van der Waals surface area contributed by atoms with E-state index in [0.29, 0.717) is 38.0 Å². The van der Waals surface area contributed by atoms with Crippen molar-refractivity contribution in [3.63, 3.8) is 0 Å². The van der Waals surface area contributed by atoms with Crippen LogP contribution in [0.1, 0.15) is 34.3 Å². The van der Waals surface area contributed by atoms with Crippen molar-refractivity contribution in [1.29, 1.82) is 0 Å². The molecule has 182 valence electrons. The lowest BCUT2D eigenvalue weighted by molar-refractivity contribution is -0.122. The number of aromatic nitrogens is 2. The summed E-state index contributed by atoms with van der Waals surface area (Å²) in [5.74, 6) is 0.346. The summed E-state index contributed by atoms with van der Waals surface area (Å²) in [7, 11) is 0. The highest BCUT2D eigenvalue weighted by Gasteiger charge is 2.25. The van der Waals surface area contributed by atoms with Crippen LogP contribution in [0.5, 0.6) is 0 Å². The minimum absolute atomic E-state index is 0.0872. The number of carbonyl (C=O) groups excluding carboxylic acids is 2. The second kappa shape index (κ2) is 10.2. The lowest BCUT2D eigenvalue weighted by Crippen LogP contribution is -2.39. The van der Waals surface area contributed by atoms with Crippen LogP contribution in [-0.2, 0) is 11.3 Å². The molecule has 2 aromatic heterocycles. The van der Waals surface area contributed by atoms with Crippen molar-refractivity contribution in [2.75, 3.05) is 18.0 Å². The van der Waals surface area contributed by atoms with Crippen LogP contribution >= 0.6 is 0 Å². The molecule has 3 heterocycles. The van der Waals surface area contributed by atoms with Gasteiger partial charge >= 0.3 is 0 Å². The number of piperidine rings is 1. The Morgan fingerprint density at radius 3 is 2.53 bits per heavy atom. The largest absolute Gasteiger partial charge is 0.369 e. The maximum atomic E-state index is 13.5. The van der Waals surface area contributed by atoms with E-state index < -0.39 is 0 Å². The predicted octanol–water partition coefficient (Wildman–Crippen LogP) is 4.24. The van der Waals surface area contributed by atoms with E-state index in [2.05, 4.69) is 15.2 Å². The summed E-state index contributed by atoms with van der Waals surface area (Å²) >= 11 is 0. The van der Waals surface area contributed by atoms with Gasteiger partial charge in [0.2, 0.25) is 5.91 Å². The van der Waals surface area contributed by atoms with Crippen LogP contribution in [0.25, 0.3) is 22.2 Å². The SMILES string of the molecule is Cc1ccc(-c2cc(C(=O)NCc3cccnc3N3CCC(C(N)=O)CC3)c3ccccc3n2)cc1. The quantitative estimate of drug-likeness (QED) is 0.431. The minimum atomic E-state index is -0.238. The van der Waals surface area contributed by atoms with Crippen LogP contribution in [0.3, 0.4) is 0 Å². The number of anilines is 1. The number of hydrogen-bond acceptors (Lipinski definition) is 5. The molecule has 0 bridgehead atoms. The molecule has 7 nitrogen and oxygen atoms in total. The topological polar surface area (TPSA) is 101 Å². The molecular formula is C29H29N5O2. The zero-order valence-electron chi connectivity index (χ0n) is 20.3. The lowest BCUT2D eigenvalue weighted by Gasteiger charge is -2.32. The molecule has 1 aliphatic rings. The third-order valence-corrected chi connectivity index (χ3v) is 6.81. The van der Waals surface area contributed by atoms with Crippen LogP contribution in [-0.4, -0.2) is 34.9 Å². The van der Waals surface area contributed by atoms with Crippen LogP contribution in [0.2, 0.25) is 0 Å². The summed E-state index contributed by atoms with van der Waals surface area (Å²) in [6.45, 7) is 3.80. The van der Waals surface area contributed by atoms with Gasteiger partial charge in [0.25, 0.3) is 5.91 Å². The number of benzene rings is 2. The minimum Gasteiger partial charge on any atom is -0.369 e. The number of carbonyl (C=O) groups is 2. The number of nitrogens with one attached hydrogen (secondary N) is 1. The van der Waals surface area contributed by atoms with E-state index in [-0.39, 0.29) is 17.7 Å². The van der Waals surface area contributed by atoms with Gasteiger partial charge in [-0.1, -0.05) is 54.1 Å². The van der Waals surface area contributed by atoms with Crippen LogP contribution < -0.4 is 16.0 Å². The Balaban J connectivity index is 1.38. The highest BCUT2D eigenvalue weighted by molar-refractivity contribution is 6.07. The summed E-state index contributed by atoms with van der Waals surface area (Å²) in [6.07, 6.45) is 3.18. The Hall–Kier alpha value is -4.26. The standard InChI is InChI=1S/C29H29N5O2/c1-19-8-10-20(11-9-19)26-17-24(23-6-2-3-7-25(23)33-26)29(36)32-18-22-5-4-14-31-28(22)34-15-12-21(13-16-34)27(30)35/h2-11,14,17,21H,12-13,15-16,18H2,1H3,(H2,30,35)(H,32,36). The highest BCUT2D eigenvalue weighted by Crippen LogP contribution is 2.27. The molecule has 0 unspecified atom stereocenters. The number of hydrogen-bond donors (Lipinski definition) is 2. The number of primary amides is 1. The highest BCUT2D eigenvalue weighted by atomic mass is 16.2. The molecule has 5 rings (SSSR count). The fourth-order valence-electron chi connectivity index (χ4n) is 4.73. The number of nitrogens with zero attached hydrogens (tertiary/aromatic N) is 3. The van der Waals surface area contributed by atoms with Crippen molar-refractivity contribution >= 4 is 28.5 Å². The normalized spacial score (nSPS) is 14.1. The van der Waals surface area contributed by atoms with Gasteiger partial charge in [0.15, 0.2) is 0 Å².